The number of amides is 2. The summed E-state index contributed by atoms with van der Waals surface area (Å²) >= 11 is 0. The van der Waals surface area contributed by atoms with Gasteiger partial charge in [0, 0.05) is 18.9 Å². The van der Waals surface area contributed by atoms with Crippen LogP contribution in [-0.2, 0) is 9.53 Å². The highest BCUT2D eigenvalue weighted by atomic mass is 19.1. The molecule has 0 saturated heterocycles. The Labute approximate surface area is 195 Å². The zero-order valence-corrected chi connectivity index (χ0v) is 18.2. The van der Waals surface area contributed by atoms with E-state index in [9.17, 15) is 18.8 Å². The molecule has 0 bridgehead atoms. The second kappa shape index (κ2) is 10.2. The average Bonchev–Trinajstić information content (AvgIpc) is 3.15. The summed E-state index contributed by atoms with van der Waals surface area (Å²) in [5.74, 6) is -2.70. The normalized spacial score (nSPS) is 11.9. The standard InChI is InChI=1S/C26H23FN2O5/c27-24-20(25(32)28-14-6-13-23(30)31)11-5-12-22(24)29-26(33)34-15-21-18-9-3-1-7-16(18)17-8-2-4-10-19(17)21/h1-5,7-12,21H,6,13-15H2,(H,28,32)(H,29,33)(H,30,31). The molecule has 0 saturated carbocycles. The van der Waals surface area contributed by atoms with Crippen LogP contribution in [-0.4, -0.2) is 36.2 Å². The fourth-order valence-electron chi connectivity index (χ4n) is 4.09. The Morgan fingerprint density at radius 2 is 1.56 bits per heavy atom. The van der Waals surface area contributed by atoms with E-state index in [1.807, 2.05) is 48.5 Å². The molecule has 3 N–H and O–H groups in total. The molecule has 7 nitrogen and oxygen atoms in total. The van der Waals surface area contributed by atoms with E-state index in [4.69, 9.17) is 9.84 Å². The van der Waals surface area contributed by atoms with Gasteiger partial charge in [0.2, 0.25) is 0 Å². The number of carbonyl (C=O) groups excluding carboxylic acids is 2. The number of carbonyl (C=O) groups is 3. The highest BCUT2D eigenvalue weighted by Crippen LogP contribution is 2.44. The van der Waals surface area contributed by atoms with Gasteiger partial charge in [0.15, 0.2) is 5.82 Å². The molecule has 0 fully saturated rings. The molecule has 0 heterocycles. The van der Waals surface area contributed by atoms with Crippen LogP contribution in [0.2, 0.25) is 0 Å². The molecule has 3 aromatic rings. The van der Waals surface area contributed by atoms with Gasteiger partial charge in [0.05, 0.1) is 11.3 Å². The number of carboxylic acids is 1. The molecule has 34 heavy (non-hydrogen) atoms. The summed E-state index contributed by atoms with van der Waals surface area (Å²) in [6.07, 6.45) is -0.716. The minimum absolute atomic E-state index is 0.0746. The van der Waals surface area contributed by atoms with Gasteiger partial charge >= 0.3 is 12.1 Å². The maximum Gasteiger partial charge on any atom is 0.411 e. The number of nitrogens with one attached hydrogen (secondary N) is 2. The van der Waals surface area contributed by atoms with Crippen molar-refractivity contribution in [3.05, 3.63) is 89.2 Å². The maximum atomic E-state index is 14.8. The van der Waals surface area contributed by atoms with E-state index in [0.717, 1.165) is 22.3 Å². The highest BCUT2D eigenvalue weighted by molar-refractivity contribution is 5.96. The Kier molecular flexibility index (Phi) is 6.87. The Morgan fingerprint density at radius 3 is 2.21 bits per heavy atom. The van der Waals surface area contributed by atoms with Crippen LogP contribution in [0.25, 0.3) is 11.1 Å². The van der Waals surface area contributed by atoms with Gasteiger partial charge in [-0.25, -0.2) is 9.18 Å². The van der Waals surface area contributed by atoms with E-state index in [0.29, 0.717) is 0 Å². The summed E-state index contributed by atoms with van der Waals surface area (Å²) in [4.78, 5) is 35.2. The van der Waals surface area contributed by atoms with E-state index in [2.05, 4.69) is 10.6 Å². The molecule has 0 radical (unpaired) electrons. The molecule has 8 heteroatoms. The van der Waals surface area contributed by atoms with Crippen molar-refractivity contribution < 1.29 is 28.6 Å². The number of hydrogen-bond donors (Lipinski definition) is 3. The van der Waals surface area contributed by atoms with Gasteiger partial charge in [-0.05, 0) is 40.8 Å². The first-order valence-electron chi connectivity index (χ1n) is 10.9. The number of ether oxygens (including phenoxy) is 1. The molecule has 0 spiro atoms. The summed E-state index contributed by atoms with van der Waals surface area (Å²) in [7, 11) is 0. The lowest BCUT2D eigenvalue weighted by atomic mass is 9.98. The van der Waals surface area contributed by atoms with Gasteiger partial charge in [-0.1, -0.05) is 54.6 Å². The zero-order valence-electron chi connectivity index (χ0n) is 18.2. The summed E-state index contributed by atoms with van der Waals surface area (Å²) < 4.78 is 20.3. The molecular formula is C26H23FN2O5. The number of carboxylic acid groups (broad SMARTS) is 1. The average molecular weight is 462 g/mol. The van der Waals surface area contributed by atoms with Crippen LogP contribution in [0.5, 0.6) is 0 Å². The Morgan fingerprint density at radius 1 is 0.912 bits per heavy atom. The Hall–Kier alpha value is -4.20. The number of rotatable bonds is 8. The lowest BCUT2D eigenvalue weighted by Crippen LogP contribution is -2.26. The van der Waals surface area contributed by atoms with Crippen molar-refractivity contribution in [1.29, 1.82) is 0 Å². The summed E-state index contributed by atoms with van der Waals surface area (Å²) in [6.45, 7) is 0.167. The number of benzene rings is 3. The van der Waals surface area contributed by atoms with E-state index in [1.165, 1.54) is 18.2 Å². The molecule has 1 aliphatic rings. The topological polar surface area (TPSA) is 105 Å². The van der Waals surface area contributed by atoms with Gasteiger partial charge in [-0.3, -0.25) is 14.9 Å². The number of aliphatic carboxylic acids is 1. The third kappa shape index (κ3) is 4.91. The van der Waals surface area contributed by atoms with Crippen molar-refractivity contribution in [2.24, 2.45) is 0 Å². The first-order chi connectivity index (χ1) is 16.5. The lowest BCUT2D eigenvalue weighted by molar-refractivity contribution is -0.137. The summed E-state index contributed by atoms with van der Waals surface area (Å²) in [5, 5.41) is 13.5. The second-order valence-corrected chi connectivity index (χ2v) is 7.87. The van der Waals surface area contributed by atoms with Crippen LogP contribution >= 0.6 is 0 Å². The maximum absolute atomic E-state index is 14.8. The number of hydrogen-bond acceptors (Lipinski definition) is 4. The molecule has 174 valence electrons. The molecule has 1 aliphatic carbocycles. The minimum Gasteiger partial charge on any atom is -0.481 e. The predicted molar refractivity (Wildman–Crippen MR) is 124 cm³/mol. The molecule has 0 aliphatic heterocycles. The molecule has 0 aromatic heterocycles. The molecule has 3 aromatic carbocycles. The van der Waals surface area contributed by atoms with Crippen LogP contribution < -0.4 is 10.6 Å². The van der Waals surface area contributed by atoms with Crippen LogP contribution in [0.15, 0.2) is 66.7 Å². The van der Waals surface area contributed by atoms with Gasteiger partial charge in [-0.2, -0.15) is 0 Å². The van der Waals surface area contributed by atoms with E-state index in [1.54, 1.807) is 0 Å². The molecule has 4 rings (SSSR count). The van der Waals surface area contributed by atoms with Crippen LogP contribution in [0, 0.1) is 5.82 Å². The highest BCUT2D eigenvalue weighted by Gasteiger charge is 2.29. The Bertz CT molecular complexity index is 1200. The lowest BCUT2D eigenvalue weighted by Gasteiger charge is -2.15. The number of halogens is 1. The molecular weight excluding hydrogens is 439 g/mol. The largest absolute Gasteiger partial charge is 0.481 e. The van der Waals surface area contributed by atoms with Gasteiger partial charge in [0.1, 0.15) is 6.61 Å². The summed E-state index contributed by atoms with van der Waals surface area (Å²) in [5.41, 5.74) is 3.87. The van der Waals surface area contributed by atoms with Crippen molar-refractivity contribution in [1.82, 2.24) is 5.32 Å². The third-order valence-corrected chi connectivity index (χ3v) is 5.68. The predicted octanol–water partition coefficient (Wildman–Crippen LogP) is 4.78. The quantitative estimate of drug-likeness (QED) is 0.418. The fourth-order valence-corrected chi connectivity index (χ4v) is 4.09. The number of anilines is 1. The first kappa shape index (κ1) is 23.0. The van der Waals surface area contributed by atoms with Crippen LogP contribution in [0.1, 0.15) is 40.2 Å². The minimum atomic E-state index is -0.977. The monoisotopic (exact) mass is 462 g/mol. The Balaban J connectivity index is 1.39. The van der Waals surface area contributed by atoms with E-state index < -0.39 is 23.8 Å². The first-order valence-corrected chi connectivity index (χ1v) is 10.9. The molecule has 0 unspecified atom stereocenters. The van der Waals surface area contributed by atoms with E-state index >= 15 is 0 Å². The third-order valence-electron chi connectivity index (χ3n) is 5.68. The fraction of sp³-hybridized carbons (Fsp3) is 0.192. The van der Waals surface area contributed by atoms with Crippen molar-refractivity contribution in [2.45, 2.75) is 18.8 Å². The SMILES string of the molecule is O=C(O)CCCNC(=O)c1cccc(NC(=O)OCC2c3ccccc3-c3ccccc32)c1F. The van der Waals surface area contributed by atoms with Crippen molar-refractivity contribution in [2.75, 3.05) is 18.5 Å². The van der Waals surface area contributed by atoms with Gasteiger partial charge in [-0.15, -0.1) is 0 Å². The van der Waals surface area contributed by atoms with Gasteiger partial charge in [0.25, 0.3) is 5.91 Å². The van der Waals surface area contributed by atoms with Crippen LogP contribution in [0.3, 0.4) is 0 Å². The molecule has 2 amide bonds. The van der Waals surface area contributed by atoms with Crippen molar-refractivity contribution in [3.8, 4) is 11.1 Å². The van der Waals surface area contributed by atoms with Crippen LogP contribution in [0.4, 0.5) is 14.9 Å². The smallest absolute Gasteiger partial charge is 0.411 e. The van der Waals surface area contributed by atoms with Crippen molar-refractivity contribution in [3.63, 3.8) is 0 Å². The second-order valence-electron chi connectivity index (χ2n) is 7.87. The van der Waals surface area contributed by atoms with E-state index in [-0.39, 0.29) is 43.2 Å². The van der Waals surface area contributed by atoms with Gasteiger partial charge < -0.3 is 15.2 Å². The zero-order chi connectivity index (χ0) is 24.1. The molecule has 0 atom stereocenters. The van der Waals surface area contributed by atoms with Crippen molar-refractivity contribution >= 4 is 23.7 Å². The number of fused-ring (bicyclic) bond motifs is 3. The summed E-state index contributed by atoms with van der Waals surface area (Å²) in [6, 6.07) is 19.9.